The predicted molar refractivity (Wildman–Crippen MR) is 78.0 cm³/mol. The van der Waals surface area contributed by atoms with Gasteiger partial charge in [-0.25, -0.2) is 4.68 Å². The first kappa shape index (κ1) is 14.3. The van der Waals surface area contributed by atoms with E-state index in [9.17, 15) is 4.79 Å². The van der Waals surface area contributed by atoms with Crippen LogP contribution in [0.1, 0.15) is 24.4 Å². The van der Waals surface area contributed by atoms with Gasteiger partial charge in [0.25, 0.3) is 0 Å². The van der Waals surface area contributed by atoms with E-state index in [1.165, 1.54) is 11.0 Å². The summed E-state index contributed by atoms with van der Waals surface area (Å²) < 4.78 is 1.42. The fourth-order valence-corrected chi connectivity index (χ4v) is 2.92. The van der Waals surface area contributed by atoms with Gasteiger partial charge in [-0.05, 0) is 41.0 Å². The van der Waals surface area contributed by atoms with Crippen LogP contribution in [0.4, 0.5) is 0 Å². The first-order chi connectivity index (χ1) is 10.1. The second-order valence-electron chi connectivity index (χ2n) is 4.93. The van der Waals surface area contributed by atoms with E-state index in [4.69, 9.17) is 23.2 Å². The Morgan fingerprint density at radius 1 is 1.33 bits per heavy atom. The smallest absolute Gasteiger partial charge is 0.244 e. The summed E-state index contributed by atoms with van der Waals surface area (Å²) in [4.78, 5) is 14.2. The van der Waals surface area contributed by atoms with Crippen molar-refractivity contribution < 1.29 is 4.79 Å². The lowest BCUT2D eigenvalue weighted by Gasteiger charge is -2.25. The van der Waals surface area contributed by atoms with Crippen LogP contribution in [-0.2, 0) is 11.3 Å². The Labute approximate surface area is 131 Å². The molecule has 0 bridgehead atoms. The number of hydrogen-bond donors (Lipinski definition) is 0. The van der Waals surface area contributed by atoms with E-state index < -0.39 is 0 Å². The SMILES string of the molecule is O=C(Cn1cnnn1)N1CCCC1c1ccc(Cl)c(Cl)c1. The number of nitrogens with zero attached hydrogens (tertiary/aromatic N) is 5. The van der Waals surface area contributed by atoms with Gasteiger partial charge in [0, 0.05) is 6.54 Å². The van der Waals surface area contributed by atoms with E-state index in [-0.39, 0.29) is 18.5 Å². The molecule has 1 atom stereocenters. The Hall–Kier alpha value is -1.66. The van der Waals surface area contributed by atoms with Gasteiger partial charge in [0.2, 0.25) is 5.91 Å². The number of carbonyl (C=O) groups is 1. The van der Waals surface area contributed by atoms with Crippen molar-refractivity contribution in [3.05, 3.63) is 40.1 Å². The van der Waals surface area contributed by atoms with Gasteiger partial charge in [0.05, 0.1) is 16.1 Å². The van der Waals surface area contributed by atoms with Crippen molar-refractivity contribution in [3.8, 4) is 0 Å². The monoisotopic (exact) mass is 325 g/mol. The number of hydrogen-bond acceptors (Lipinski definition) is 4. The van der Waals surface area contributed by atoms with Crippen molar-refractivity contribution in [2.24, 2.45) is 0 Å². The van der Waals surface area contributed by atoms with E-state index in [0.29, 0.717) is 10.0 Å². The molecule has 1 unspecified atom stereocenters. The van der Waals surface area contributed by atoms with Gasteiger partial charge in [0.15, 0.2) is 0 Å². The van der Waals surface area contributed by atoms with Crippen LogP contribution in [0.15, 0.2) is 24.5 Å². The Morgan fingerprint density at radius 2 is 2.19 bits per heavy atom. The molecule has 0 saturated carbocycles. The van der Waals surface area contributed by atoms with Gasteiger partial charge in [-0.2, -0.15) is 0 Å². The maximum absolute atomic E-state index is 12.4. The first-order valence-corrected chi connectivity index (χ1v) is 7.36. The quantitative estimate of drug-likeness (QED) is 0.868. The number of tetrazole rings is 1. The third-order valence-corrected chi connectivity index (χ3v) is 4.33. The second-order valence-corrected chi connectivity index (χ2v) is 5.74. The van der Waals surface area contributed by atoms with Gasteiger partial charge >= 0.3 is 0 Å². The zero-order valence-corrected chi connectivity index (χ0v) is 12.6. The number of benzene rings is 1. The minimum atomic E-state index is -0.00382. The summed E-state index contributed by atoms with van der Waals surface area (Å²) in [5.41, 5.74) is 1.01. The molecule has 1 aliphatic heterocycles. The summed E-state index contributed by atoms with van der Waals surface area (Å²) in [5.74, 6) is -0.00382. The molecule has 1 aliphatic rings. The van der Waals surface area contributed by atoms with Crippen LogP contribution in [0, 0.1) is 0 Å². The molecule has 1 aromatic heterocycles. The van der Waals surface area contributed by atoms with Gasteiger partial charge in [-0.15, -0.1) is 5.10 Å². The summed E-state index contributed by atoms with van der Waals surface area (Å²) in [6, 6.07) is 5.55. The molecule has 1 fully saturated rings. The maximum atomic E-state index is 12.4. The highest BCUT2D eigenvalue weighted by Crippen LogP contribution is 2.35. The molecule has 21 heavy (non-hydrogen) atoms. The van der Waals surface area contributed by atoms with E-state index in [1.54, 1.807) is 6.07 Å². The summed E-state index contributed by atoms with van der Waals surface area (Å²) in [5, 5.41) is 11.8. The normalized spacial score (nSPS) is 18.2. The van der Waals surface area contributed by atoms with E-state index >= 15 is 0 Å². The molecular formula is C13H13Cl2N5O. The molecule has 2 heterocycles. The lowest BCUT2D eigenvalue weighted by Crippen LogP contribution is -2.33. The topological polar surface area (TPSA) is 63.9 Å². The highest BCUT2D eigenvalue weighted by Gasteiger charge is 2.30. The molecule has 0 N–H and O–H groups in total. The zero-order chi connectivity index (χ0) is 14.8. The lowest BCUT2D eigenvalue weighted by atomic mass is 10.0. The molecule has 1 saturated heterocycles. The Balaban J connectivity index is 1.78. The molecule has 6 nitrogen and oxygen atoms in total. The number of aromatic nitrogens is 4. The molecule has 0 radical (unpaired) electrons. The molecule has 3 rings (SSSR count). The molecular weight excluding hydrogens is 313 g/mol. The van der Waals surface area contributed by atoms with Gasteiger partial charge in [-0.3, -0.25) is 4.79 Å². The van der Waals surface area contributed by atoms with E-state index in [2.05, 4.69) is 15.5 Å². The molecule has 2 aromatic rings. The lowest BCUT2D eigenvalue weighted by molar-refractivity contribution is -0.133. The van der Waals surface area contributed by atoms with Crippen LogP contribution in [0.25, 0.3) is 0 Å². The Bertz CT molecular complexity index is 646. The Morgan fingerprint density at radius 3 is 2.90 bits per heavy atom. The van der Waals surface area contributed by atoms with Crippen LogP contribution < -0.4 is 0 Å². The van der Waals surface area contributed by atoms with Crippen molar-refractivity contribution in [1.29, 1.82) is 0 Å². The largest absolute Gasteiger partial charge is 0.334 e. The van der Waals surface area contributed by atoms with Crippen molar-refractivity contribution in [1.82, 2.24) is 25.1 Å². The fourth-order valence-electron chi connectivity index (χ4n) is 2.61. The molecule has 0 aliphatic carbocycles. The molecule has 8 heteroatoms. The Kier molecular flexibility index (Phi) is 4.07. The third kappa shape index (κ3) is 3.01. The molecule has 0 spiro atoms. The third-order valence-electron chi connectivity index (χ3n) is 3.59. The number of carbonyl (C=O) groups excluding carboxylic acids is 1. The van der Waals surface area contributed by atoms with Crippen molar-refractivity contribution >= 4 is 29.1 Å². The fraction of sp³-hybridized carbons (Fsp3) is 0.385. The van der Waals surface area contributed by atoms with Gasteiger partial charge in [-0.1, -0.05) is 29.3 Å². The van der Waals surface area contributed by atoms with Crippen molar-refractivity contribution in [2.75, 3.05) is 6.54 Å². The minimum Gasteiger partial charge on any atom is -0.334 e. The highest BCUT2D eigenvalue weighted by molar-refractivity contribution is 6.42. The number of likely N-dealkylation sites (tertiary alicyclic amines) is 1. The molecule has 1 amide bonds. The zero-order valence-electron chi connectivity index (χ0n) is 11.1. The van der Waals surface area contributed by atoms with Crippen LogP contribution in [-0.4, -0.2) is 37.6 Å². The summed E-state index contributed by atoms with van der Waals surface area (Å²) in [6.07, 6.45) is 3.31. The maximum Gasteiger partial charge on any atom is 0.244 e. The standard InChI is InChI=1S/C13H13Cl2N5O/c14-10-4-3-9(6-11(10)15)12-2-1-5-20(12)13(21)7-19-8-16-17-18-19/h3-4,6,8,12H,1-2,5,7H2. The van der Waals surface area contributed by atoms with Crippen LogP contribution in [0.3, 0.4) is 0 Å². The van der Waals surface area contributed by atoms with Gasteiger partial charge < -0.3 is 4.90 Å². The number of amides is 1. The minimum absolute atomic E-state index is 0.00382. The number of rotatable bonds is 3. The number of halogens is 2. The van der Waals surface area contributed by atoms with E-state index in [1.807, 2.05) is 17.0 Å². The molecule has 1 aromatic carbocycles. The summed E-state index contributed by atoms with van der Waals surface area (Å²) >= 11 is 12.0. The van der Waals surface area contributed by atoms with Crippen LogP contribution in [0.2, 0.25) is 10.0 Å². The second kappa shape index (κ2) is 5.99. The van der Waals surface area contributed by atoms with E-state index in [0.717, 1.165) is 24.9 Å². The predicted octanol–water partition coefficient (Wildman–Crippen LogP) is 2.34. The van der Waals surface area contributed by atoms with Crippen molar-refractivity contribution in [2.45, 2.75) is 25.4 Å². The average Bonchev–Trinajstić information content (AvgIpc) is 3.12. The molecule has 110 valence electrons. The first-order valence-electron chi connectivity index (χ1n) is 6.60. The summed E-state index contributed by atoms with van der Waals surface area (Å²) in [7, 11) is 0. The highest BCUT2D eigenvalue weighted by atomic mass is 35.5. The average molecular weight is 326 g/mol. The van der Waals surface area contributed by atoms with Gasteiger partial charge in [0.1, 0.15) is 12.9 Å². The van der Waals surface area contributed by atoms with Crippen LogP contribution in [0.5, 0.6) is 0 Å². The van der Waals surface area contributed by atoms with Crippen molar-refractivity contribution in [3.63, 3.8) is 0 Å². The van der Waals surface area contributed by atoms with Crippen LogP contribution >= 0.6 is 23.2 Å². The summed E-state index contributed by atoms with van der Waals surface area (Å²) in [6.45, 7) is 0.872.